The lowest BCUT2D eigenvalue weighted by Gasteiger charge is -1.87. The molecule has 46 valence electrons. The molecule has 1 aliphatic heterocycles. The lowest BCUT2D eigenvalue weighted by atomic mass is 10.3. The smallest absolute Gasteiger partial charge is 0.138 e. The fraction of sp³-hybridized carbons (Fsp3) is 0.333. The molecule has 0 amide bonds. The minimum atomic E-state index is 0.856. The predicted molar refractivity (Wildman–Crippen MR) is 32.9 cm³/mol. The maximum atomic E-state index is 4.04. The number of aromatic nitrogens is 3. The molecule has 0 saturated heterocycles. The van der Waals surface area contributed by atoms with E-state index in [-0.39, 0.29) is 0 Å². The van der Waals surface area contributed by atoms with E-state index in [4.69, 9.17) is 0 Å². The van der Waals surface area contributed by atoms with Crippen LogP contribution in [-0.2, 0) is 13.0 Å². The highest BCUT2D eigenvalue weighted by Gasteiger charge is 2.13. The second-order valence-corrected chi connectivity index (χ2v) is 2.26. The van der Waals surface area contributed by atoms with Gasteiger partial charge in [-0.15, -0.1) is 0 Å². The third-order valence-corrected chi connectivity index (χ3v) is 1.48. The zero-order valence-corrected chi connectivity index (χ0v) is 5.04. The Kier molecular flexibility index (Phi) is 0.754. The first kappa shape index (κ1) is 4.73. The molecule has 0 atom stereocenters. The molecule has 0 bridgehead atoms. The Morgan fingerprint density at radius 2 is 2.56 bits per heavy atom. The van der Waals surface area contributed by atoms with E-state index in [1.54, 1.807) is 6.33 Å². The first-order valence-electron chi connectivity index (χ1n) is 2.89. The van der Waals surface area contributed by atoms with Crippen molar-refractivity contribution in [2.24, 2.45) is 0 Å². The normalized spacial score (nSPS) is 16.2. The Bertz CT molecular complexity index is 226. The summed E-state index contributed by atoms with van der Waals surface area (Å²) in [5.74, 6) is 1.04. The molecule has 0 spiro atoms. The van der Waals surface area contributed by atoms with Crippen molar-refractivity contribution in [1.82, 2.24) is 14.8 Å². The average molecular weight is 121 g/mol. The fourth-order valence-corrected chi connectivity index (χ4v) is 1.05. The Hall–Kier alpha value is -1.12. The summed E-state index contributed by atoms with van der Waals surface area (Å²) in [4.78, 5) is 4.04. The van der Waals surface area contributed by atoms with Crippen LogP contribution in [0.4, 0.5) is 0 Å². The molecule has 0 radical (unpaired) electrons. The van der Waals surface area contributed by atoms with Crippen molar-refractivity contribution in [3.63, 3.8) is 0 Å². The molecule has 0 aromatic carbocycles. The number of rotatable bonds is 0. The third kappa shape index (κ3) is 0.575. The summed E-state index contributed by atoms with van der Waals surface area (Å²) >= 11 is 0. The first-order chi connectivity index (χ1) is 4.36. The van der Waals surface area contributed by atoms with E-state index >= 15 is 0 Å². The number of fused-ring (bicyclic) bond motifs is 1. The van der Waals surface area contributed by atoms with Crippen molar-refractivity contribution in [3.8, 4) is 0 Å². The van der Waals surface area contributed by atoms with E-state index < -0.39 is 0 Å². The largest absolute Gasteiger partial charge is 0.246 e. The van der Waals surface area contributed by atoms with Crippen LogP contribution < -0.4 is 0 Å². The lowest BCUT2D eigenvalue weighted by molar-refractivity contribution is 0.707. The second-order valence-electron chi connectivity index (χ2n) is 2.26. The zero-order chi connectivity index (χ0) is 6.27. The van der Waals surface area contributed by atoms with E-state index in [1.165, 1.54) is 5.57 Å². The van der Waals surface area contributed by atoms with Gasteiger partial charge in [0.1, 0.15) is 12.2 Å². The van der Waals surface area contributed by atoms with E-state index in [2.05, 4.69) is 16.7 Å². The first-order valence-corrected chi connectivity index (χ1v) is 2.89. The highest BCUT2D eigenvalue weighted by Crippen LogP contribution is 2.12. The summed E-state index contributed by atoms with van der Waals surface area (Å²) < 4.78 is 1.88. The lowest BCUT2D eigenvalue weighted by Crippen LogP contribution is -1.93. The van der Waals surface area contributed by atoms with Gasteiger partial charge in [0.2, 0.25) is 0 Å². The van der Waals surface area contributed by atoms with Crippen LogP contribution in [0.1, 0.15) is 5.82 Å². The van der Waals surface area contributed by atoms with Crippen molar-refractivity contribution in [2.75, 3.05) is 0 Å². The Labute approximate surface area is 53.0 Å². The topological polar surface area (TPSA) is 30.7 Å². The third-order valence-electron chi connectivity index (χ3n) is 1.48. The molecule has 2 rings (SSSR count). The quantitative estimate of drug-likeness (QED) is 0.465. The Balaban J connectivity index is 2.49. The van der Waals surface area contributed by atoms with Crippen LogP contribution in [-0.4, -0.2) is 14.8 Å². The molecular formula is C6H7N3. The summed E-state index contributed by atoms with van der Waals surface area (Å²) in [7, 11) is 0. The number of hydrogen-bond acceptors (Lipinski definition) is 2. The van der Waals surface area contributed by atoms with Gasteiger partial charge >= 0.3 is 0 Å². The monoisotopic (exact) mass is 121 g/mol. The molecule has 3 nitrogen and oxygen atoms in total. The van der Waals surface area contributed by atoms with Crippen LogP contribution >= 0.6 is 0 Å². The summed E-state index contributed by atoms with van der Waals surface area (Å²) in [5, 5.41) is 3.99. The molecule has 9 heavy (non-hydrogen) atoms. The standard InChI is InChI=1S/C6H7N3/c1-5-2-6-7-4-8-9(6)3-5/h4H,1-3H2. The number of allylic oxidation sites excluding steroid dienone is 1. The van der Waals surface area contributed by atoms with Crippen LogP contribution in [0.15, 0.2) is 18.5 Å². The highest BCUT2D eigenvalue weighted by atomic mass is 15.3. The molecule has 0 N–H and O–H groups in total. The summed E-state index contributed by atoms with van der Waals surface area (Å²) in [6, 6.07) is 0. The van der Waals surface area contributed by atoms with E-state index in [0.29, 0.717) is 0 Å². The molecule has 1 aromatic heterocycles. The number of nitrogens with zero attached hydrogens (tertiary/aromatic N) is 3. The van der Waals surface area contributed by atoms with Gasteiger partial charge in [-0.2, -0.15) is 5.10 Å². The van der Waals surface area contributed by atoms with Crippen molar-refractivity contribution in [3.05, 3.63) is 24.3 Å². The van der Waals surface area contributed by atoms with Gasteiger partial charge in [-0.1, -0.05) is 6.58 Å². The van der Waals surface area contributed by atoms with Crippen molar-refractivity contribution < 1.29 is 0 Å². The average Bonchev–Trinajstić information content (AvgIpc) is 2.22. The Morgan fingerprint density at radius 3 is 3.33 bits per heavy atom. The van der Waals surface area contributed by atoms with Gasteiger partial charge in [-0.05, 0) is 5.57 Å². The van der Waals surface area contributed by atoms with Crippen LogP contribution in [0.25, 0.3) is 0 Å². The van der Waals surface area contributed by atoms with Gasteiger partial charge in [-0.3, -0.25) is 0 Å². The van der Waals surface area contributed by atoms with E-state index in [9.17, 15) is 0 Å². The number of hydrogen-bond donors (Lipinski definition) is 0. The molecule has 1 aliphatic rings. The van der Waals surface area contributed by atoms with Crippen molar-refractivity contribution in [2.45, 2.75) is 13.0 Å². The second kappa shape index (κ2) is 1.43. The minimum Gasteiger partial charge on any atom is -0.246 e. The van der Waals surface area contributed by atoms with Gasteiger partial charge in [0.15, 0.2) is 0 Å². The maximum absolute atomic E-state index is 4.04. The van der Waals surface area contributed by atoms with E-state index in [0.717, 1.165) is 18.8 Å². The molecule has 1 aromatic rings. The molecular weight excluding hydrogens is 114 g/mol. The van der Waals surface area contributed by atoms with Crippen molar-refractivity contribution in [1.29, 1.82) is 0 Å². The highest BCUT2D eigenvalue weighted by molar-refractivity contribution is 5.11. The summed E-state index contributed by atoms with van der Waals surface area (Å²) in [6.07, 6.45) is 2.49. The van der Waals surface area contributed by atoms with Gasteiger partial charge in [0.05, 0.1) is 6.54 Å². The van der Waals surface area contributed by atoms with Crippen LogP contribution in [0.5, 0.6) is 0 Å². The van der Waals surface area contributed by atoms with Crippen molar-refractivity contribution >= 4 is 0 Å². The van der Waals surface area contributed by atoms with Gasteiger partial charge in [0.25, 0.3) is 0 Å². The summed E-state index contributed by atoms with van der Waals surface area (Å²) in [5.41, 5.74) is 1.20. The Morgan fingerprint density at radius 1 is 1.67 bits per heavy atom. The predicted octanol–water partition coefficient (Wildman–Crippen LogP) is 0.390. The molecule has 0 aliphatic carbocycles. The molecule has 2 heterocycles. The summed E-state index contributed by atoms with van der Waals surface area (Å²) in [6.45, 7) is 4.70. The zero-order valence-electron chi connectivity index (χ0n) is 5.04. The molecule has 0 unspecified atom stereocenters. The van der Waals surface area contributed by atoms with Gasteiger partial charge in [0, 0.05) is 6.42 Å². The SMILES string of the molecule is C=C1Cc2ncnn2C1. The maximum Gasteiger partial charge on any atom is 0.138 e. The fourth-order valence-electron chi connectivity index (χ4n) is 1.05. The van der Waals surface area contributed by atoms with Crippen LogP contribution in [0.3, 0.4) is 0 Å². The van der Waals surface area contributed by atoms with E-state index in [1.807, 2.05) is 4.68 Å². The molecule has 3 heteroatoms. The van der Waals surface area contributed by atoms with Crippen LogP contribution in [0.2, 0.25) is 0 Å². The molecule has 0 fully saturated rings. The molecule has 0 saturated carbocycles. The minimum absolute atomic E-state index is 0.856. The van der Waals surface area contributed by atoms with Gasteiger partial charge < -0.3 is 0 Å². The van der Waals surface area contributed by atoms with Crippen LogP contribution in [0, 0.1) is 0 Å². The van der Waals surface area contributed by atoms with Gasteiger partial charge in [-0.25, -0.2) is 9.67 Å².